The summed E-state index contributed by atoms with van der Waals surface area (Å²) in [5.41, 5.74) is 22.2. The Morgan fingerprint density at radius 3 is 1.95 bits per heavy atom. The van der Waals surface area contributed by atoms with Gasteiger partial charge in [0.1, 0.15) is 18.1 Å². The lowest BCUT2D eigenvalue weighted by Crippen LogP contribution is -2.57. The standard InChI is InChI=1S/C23H36N8O6S/c24-14(12-38)19(33)29-16(8-9-18(25)32)21(35)30-15(7-4-10-28-23(26)27)20(34)31-17(22(36)37)11-13-5-2-1-3-6-13/h1-3,5-6,14-17,38H,4,7-12,24H2,(H2,25,32)(H,29,33)(H,30,35)(H,31,34)(H,36,37)(H4,26,27,28). The molecule has 14 nitrogen and oxygen atoms in total. The van der Waals surface area contributed by atoms with Crippen LogP contribution >= 0.6 is 12.6 Å². The molecule has 1 rings (SSSR count). The number of carbonyl (C=O) groups is 5. The maximum absolute atomic E-state index is 13.1. The van der Waals surface area contributed by atoms with Crippen molar-refractivity contribution < 1.29 is 29.1 Å². The smallest absolute Gasteiger partial charge is 0.326 e. The highest BCUT2D eigenvalue weighted by Gasteiger charge is 2.30. The summed E-state index contributed by atoms with van der Waals surface area (Å²) >= 11 is 3.95. The van der Waals surface area contributed by atoms with E-state index in [0.29, 0.717) is 5.56 Å². The van der Waals surface area contributed by atoms with Crippen LogP contribution in [0.25, 0.3) is 0 Å². The van der Waals surface area contributed by atoms with Crippen LogP contribution in [0.1, 0.15) is 31.2 Å². The number of carboxylic acids is 1. The van der Waals surface area contributed by atoms with Crippen molar-refractivity contribution in [2.45, 2.75) is 56.3 Å². The number of primary amides is 1. The lowest BCUT2D eigenvalue weighted by Gasteiger charge is -2.25. The number of carbonyl (C=O) groups excluding carboxylic acids is 4. The molecule has 0 aromatic heterocycles. The van der Waals surface area contributed by atoms with Gasteiger partial charge in [0, 0.05) is 25.1 Å². The van der Waals surface area contributed by atoms with Crippen LogP contribution in [0.15, 0.2) is 35.3 Å². The summed E-state index contributed by atoms with van der Waals surface area (Å²) in [6.07, 6.45) is -0.0714. The minimum atomic E-state index is -1.28. The van der Waals surface area contributed by atoms with Crippen molar-refractivity contribution >= 4 is 48.2 Å². The van der Waals surface area contributed by atoms with E-state index in [-0.39, 0.29) is 50.4 Å². The van der Waals surface area contributed by atoms with Gasteiger partial charge in [-0.2, -0.15) is 12.6 Å². The summed E-state index contributed by atoms with van der Waals surface area (Å²) in [5, 5.41) is 17.0. The van der Waals surface area contributed by atoms with E-state index in [2.05, 4.69) is 33.6 Å². The Labute approximate surface area is 225 Å². The van der Waals surface area contributed by atoms with Crippen LogP contribution in [-0.4, -0.2) is 77.1 Å². The quantitative estimate of drug-likeness (QED) is 0.0422. The number of carboxylic acid groups (broad SMARTS) is 1. The second kappa shape index (κ2) is 16.8. The SMILES string of the molecule is NC(=O)CCC(NC(=O)C(N)CS)C(=O)NC(CCCN=C(N)N)C(=O)NC(Cc1ccccc1)C(=O)O. The molecule has 15 heteroatoms. The van der Waals surface area contributed by atoms with Gasteiger partial charge in [0.15, 0.2) is 5.96 Å². The minimum Gasteiger partial charge on any atom is -0.480 e. The van der Waals surface area contributed by atoms with Crippen molar-refractivity contribution in [3.05, 3.63) is 35.9 Å². The van der Waals surface area contributed by atoms with Crippen LogP contribution in [0.2, 0.25) is 0 Å². The topological polar surface area (TPSA) is 258 Å². The predicted molar refractivity (Wildman–Crippen MR) is 144 cm³/mol. The van der Waals surface area contributed by atoms with Crippen LogP contribution in [0.3, 0.4) is 0 Å². The number of aliphatic carboxylic acids is 1. The number of benzene rings is 1. The molecule has 0 radical (unpaired) electrons. The molecule has 38 heavy (non-hydrogen) atoms. The molecule has 0 saturated heterocycles. The number of nitrogens with one attached hydrogen (secondary N) is 3. The first-order valence-corrected chi connectivity index (χ1v) is 12.5. The fourth-order valence-electron chi connectivity index (χ4n) is 3.28. The summed E-state index contributed by atoms with van der Waals surface area (Å²) in [5.74, 6) is -4.36. The second-order valence-electron chi connectivity index (χ2n) is 8.45. The highest BCUT2D eigenvalue weighted by Crippen LogP contribution is 2.07. The number of guanidine groups is 1. The van der Waals surface area contributed by atoms with Crippen molar-refractivity contribution in [3.63, 3.8) is 0 Å². The number of hydrogen-bond donors (Lipinski definition) is 9. The Morgan fingerprint density at radius 2 is 1.42 bits per heavy atom. The molecule has 0 heterocycles. The van der Waals surface area contributed by atoms with Gasteiger partial charge in [-0.3, -0.25) is 24.2 Å². The zero-order chi connectivity index (χ0) is 28.7. The number of rotatable bonds is 17. The highest BCUT2D eigenvalue weighted by molar-refractivity contribution is 7.80. The molecule has 0 saturated carbocycles. The van der Waals surface area contributed by atoms with Crippen molar-refractivity contribution in [2.75, 3.05) is 12.3 Å². The van der Waals surface area contributed by atoms with E-state index in [4.69, 9.17) is 22.9 Å². The van der Waals surface area contributed by atoms with Gasteiger partial charge in [-0.15, -0.1) is 0 Å². The molecular formula is C23H36N8O6S. The molecule has 0 aliphatic rings. The van der Waals surface area contributed by atoms with Crippen molar-refractivity contribution in [2.24, 2.45) is 27.9 Å². The Morgan fingerprint density at radius 1 is 0.868 bits per heavy atom. The number of nitrogens with zero attached hydrogens (tertiary/aromatic N) is 1. The summed E-state index contributed by atoms with van der Waals surface area (Å²) in [4.78, 5) is 65.4. The minimum absolute atomic E-state index is 0.00378. The second-order valence-corrected chi connectivity index (χ2v) is 8.82. The molecule has 0 bridgehead atoms. The zero-order valence-electron chi connectivity index (χ0n) is 20.8. The number of aliphatic imine (C=N–C) groups is 1. The fourth-order valence-corrected chi connectivity index (χ4v) is 3.45. The highest BCUT2D eigenvalue weighted by atomic mass is 32.1. The molecule has 12 N–H and O–H groups in total. The van der Waals surface area contributed by atoms with Gasteiger partial charge >= 0.3 is 5.97 Å². The fraction of sp³-hybridized carbons (Fsp3) is 0.478. The molecule has 210 valence electrons. The van der Waals surface area contributed by atoms with E-state index < -0.39 is 53.8 Å². The van der Waals surface area contributed by atoms with Crippen molar-refractivity contribution in [3.8, 4) is 0 Å². The Hall–Kier alpha value is -3.85. The third kappa shape index (κ3) is 12.4. The zero-order valence-corrected chi connectivity index (χ0v) is 21.7. The number of thiol groups is 1. The Balaban J connectivity index is 3.08. The lowest BCUT2D eigenvalue weighted by molar-refractivity contribution is -0.142. The average molecular weight is 553 g/mol. The van der Waals surface area contributed by atoms with Crippen LogP contribution < -0.4 is 38.9 Å². The van der Waals surface area contributed by atoms with E-state index in [9.17, 15) is 29.1 Å². The molecule has 0 aliphatic heterocycles. The summed E-state index contributed by atoms with van der Waals surface area (Å²) < 4.78 is 0. The van der Waals surface area contributed by atoms with Crippen molar-refractivity contribution in [1.82, 2.24) is 16.0 Å². The average Bonchev–Trinajstić information content (AvgIpc) is 2.87. The number of hydrogen-bond acceptors (Lipinski definition) is 8. The van der Waals surface area contributed by atoms with Crippen molar-refractivity contribution in [1.29, 1.82) is 0 Å². The molecule has 1 aromatic carbocycles. The largest absolute Gasteiger partial charge is 0.480 e. The van der Waals surface area contributed by atoms with E-state index in [1.165, 1.54) is 0 Å². The van der Waals surface area contributed by atoms with Gasteiger partial charge in [-0.05, 0) is 24.8 Å². The van der Waals surface area contributed by atoms with Gasteiger partial charge in [-0.25, -0.2) is 4.79 Å². The molecule has 0 spiro atoms. The predicted octanol–water partition coefficient (Wildman–Crippen LogP) is -2.66. The molecular weight excluding hydrogens is 516 g/mol. The van der Waals surface area contributed by atoms with E-state index in [1.54, 1.807) is 30.3 Å². The van der Waals surface area contributed by atoms with Crippen LogP contribution in [0, 0.1) is 0 Å². The van der Waals surface area contributed by atoms with E-state index >= 15 is 0 Å². The monoisotopic (exact) mass is 552 g/mol. The molecule has 4 atom stereocenters. The van der Waals surface area contributed by atoms with Gasteiger partial charge in [-0.1, -0.05) is 30.3 Å². The normalized spacial score (nSPS) is 13.7. The third-order valence-electron chi connectivity index (χ3n) is 5.32. The number of amides is 4. The first-order chi connectivity index (χ1) is 17.9. The summed E-state index contributed by atoms with van der Waals surface area (Å²) in [7, 11) is 0. The molecule has 0 fully saturated rings. The van der Waals surface area contributed by atoms with E-state index in [1.807, 2.05) is 0 Å². The Bertz CT molecular complexity index is 989. The number of nitrogens with two attached hydrogens (primary N) is 4. The molecule has 0 aliphatic carbocycles. The molecule has 4 unspecified atom stereocenters. The maximum atomic E-state index is 13.1. The van der Waals surface area contributed by atoms with Crippen LogP contribution in [0.5, 0.6) is 0 Å². The lowest BCUT2D eigenvalue weighted by atomic mass is 10.0. The molecule has 1 aromatic rings. The summed E-state index contributed by atoms with van der Waals surface area (Å²) in [6, 6.07) is 3.95. The van der Waals surface area contributed by atoms with Crippen LogP contribution in [-0.2, 0) is 30.4 Å². The first-order valence-electron chi connectivity index (χ1n) is 11.8. The van der Waals surface area contributed by atoms with Gasteiger partial charge < -0.3 is 44.0 Å². The third-order valence-corrected chi connectivity index (χ3v) is 5.71. The Kier molecular flexibility index (Phi) is 14.2. The summed E-state index contributed by atoms with van der Waals surface area (Å²) in [6.45, 7) is 0.146. The van der Waals surface area contributed by atoms with Gasteiger partial charge in [0.25, 0.3) is 0 Å². The molecule has 4 amide bonds. The van der Waals surface area contributed by atoms with Gasteiger partial charge in [0.05, 0.1) is 6.04 Å². The van der Waals surface area contributed by atoms with E-state index in [0.717, 1.165) is 0 Å². The van der Waals surface area contributed by atoms with Gasteiger partial charge in [0.2, 0.25) is 23.6 Å². The maximum Gasteiger partial charge on any atom is 0.326 e. The first kappa shape index (κ1) is 32.2. The van der Waals surface area contributed by atoms with Crippen LogP contribution in [0.4, 0.5) is 0 Å².